The molecule has 25 heavy (non-hydrogen) atoms. The van der Waals surface area contributed by atoms with Crippen molar-refractivity contribution in [2.24, 2.45) is 0 Å². The number of rotatable bonds is 4. The molecule has 0 radical (unpaired) electrons. The van der Waals surface area contributed by atoms with E-state index in [4.69, 9.17) is 0 Å². The van der Waals surface area contributed by atoms with Gasteiger partial charge < -0.3 is 4.90 Å². The van der Waals surface area contributed by atoms with Gasteiger partial charge in [-0.05, 0) is 38.8 Å². The normalized spacial score (nSPS) is 16.8. The van der Waals surface area contributed by atoms with Crippen LogP contribution in [0.4, 0.5) is 10.1 Å². The molecular formula is C18H24FN3O2S. The quantitative estimate of drug-likeness (QED) is 0.836. The molecule has 3 rings (SSSR count). The Morgan fingerprint density at radius 1 is 1.32 bits per heavy atom. The summed E-state index contributed by atoms with van der Waals surface area (Å²) in [5.41, 5.74) is 2.15. The van der Waals surface area contributed by atoms with Crippen molar-refractivity contribution in [3.63, 3.8) is 0 Å². The highest BCUT2D eigenvalue weighted by molar-refractivity contribution is 7.89. The Bertz CT molecular complexity index is 877. The van der Waals surface area contributed by atoms with Gasteiger partial charge in [-0.2, -0.15) is 0 Å². The van der Waals surface area contributed by atoms with E-state index in [-0.39, 0.29) is 17.6 Å². The van der Waals surface area contributed by atoms with Gasteiger partial charge in [0.05, 0.1) is 5.75 Å². The molecule has 1 aliphatic heterocycles. The number of hydrogen-bond donors (Lipinski definition) is 0. The van der Waals surface area contributed by atoms with Crippen LogP contribution in [0.5, 0.6) is 0 Å². The molecule has 136 valence electrons. The van der Waals surface area contributed by atoms with E-state index in [0.29, 0.717) is 5.52 Å². The molecule has 0 atom stereocenters. The SMILES string of the molecule is CCS(=O)(=O)N(C)C1CCN(c2cc(C)nc3c(F)cccc23)CC1. The molecule has 1 fully saturated rings. The standard InChI is InChI=1S/C18H24FN3O2S/c1-4-25(23,24)21(3)14-8-10-22(11-9-14)17-12-13(2)20-18-15(17)6-5-7-16(18)19/h5-7,12,14H,4,8-11H2,1-3H3. The average molecular weight is 365 g/mol. The molecule has 1 aromatic carbocycles. The van der Waals surface area contributed by atoms with E-state index in [1.165, 1.54) is 10.4 Å². The molecular weight excluding hydrogens is 341 g/mol. The largest absolute Gasteiger partial charge is 0.371 e. The van der Waals surface area contributed by atoms with Gasteiger partial charge in [-0.1, -0.05) is 12.1 Å². The van der Waals surface area contributed by atoms with Crippen molar-refractivity contribution in [2.45, 2.75) is 32.7 Å². The van der Waals surface area contributed by atoms with Crippen LogP contribution in [0.25, 0.3) is 10.9 Å². The van der Waals surface area contributed by atoms with Crippen LogP contribution in [0, 0.1) is 12.7 Å². The number of sulfonamides is 1. The van der Waals surface area contributed by atoms with Crippen LogP contribution in [0.2, 0.25) is 0 Å². The van der Waals surface area contributed by atoms with E-state index in [1.807, 2.05) is 19.1 Å². The number of piperidine rings is 1. The fraction of sp³-hybridized carbons (Fsp3) is 0.500. The summed E-state index contributed by atoms with van der Waals surface area (Å²) in [5, 5.41) is 0.804. The minimum atomic E-state index is -3.17. The van der Waals surface area contributed by atoms with E-state index in [1.54, 1.807) is 20.0 Å². The van der Waals surface area contributed by atoms with Crippen molar-refractivity contribution in [3.8, 4) is 0 Å². The molecule has 0 unspecified atom stereocenters. The summed E-state index contributed by atoms with van der Waals surface area (Å²) in [6, 6.07) is 7.02. The maximum Gasteiger partial charge on any atom is 0.213 e. The molecule has 2 heterocycles. The van der Waals surface area contributed by atoms with E-state index < -0.39 is 10.0 Å². The van der Waals surface area contributed by atoms with Crippen molar-refractivity contribution < 1.29 is 12.8 Å². The third kappa shape index (κ3) is 3.48. The first-order valence-electron chi connectivity index (χ1n) is 8.60. The Morgan fingerprint density at radius 3 is 2.64 bits per heavy atom. The zero-order valence-electron chi connectivity index (χ0n) is 14.9. The molecule has 0 amide bonds. The molecule has 0 spiro atoms. The second-order valence-electron chi connectivity index (χ2n) is 6.55. The molecule has 7 heteroatoms. The molecule has 0 N–H and O–H groups in total. The van der Waals surface area contributed by atoms with Crippen LogP contribution in [0.3, 0.4) is 0 Å². The first-order valence-corrected chi connectivity index (χ1v) is 10.2. The van der Waals surface area contributed by atoms with Crippen LogP contribution >= 0.6 is 0 Å². The van der Waals surface area contributed by atoms with Crippen molar-refractivity contribution in [1.29, 1.82) is 0 Å². The summed E-state index contributed by atoms with van der Waals surface area (Å²) in [6.07, 6.45) is 1.52. The summed E-state index contributed by atoms with van der Waals surface area (Å²) in [7, 11) is -1.50. The molecule has 1 aromatic heterocycles. The highest BCUT2D eigenvalue weighted by Gasteiger charge is 2.29. The molecule has 1 aliphatic rings. The van der Waals surface area contributed by atoms with Gasteiger partial charge in [0, 0.05) is 42.9 Å². The summed E-state index contributed by atoms with van der Waals surface area (Å²) in [4.78, 5) is 6.54. The van der Waals surface area contributed by atoms with Gasteiger partial charge in [0.1, 0.15) is 11.3 Å². The zero-order valence-corrected chi connectivity index (χ0v) is 15.7. The predicted molar refractivity (Wildman–Crippen MR) is 98.9 cm³/mol. The Hall–Kier alpha value is -1.73. The lowest BCUT2D eigenvalue weighted by Crippen LogP contribution is -2.46. The Labute approximate surface area is 148 Å². The number of halogens is 1. The number of fused-ring (bicyclic) bond motifs is 1. The van der Waals surface area contributed by atoms with Crippen LogP contribution in [-0.4, -0.2) is 49.6 Å². The van der Waals surface area contributed by atoms with Crippen LogP contribution < -0.4 is 4.90 Å². The number of para-hydroxylation sites is 1. The lowest BCUT2D eigenvalue weighted by atomic mass is 10.0. The molecule has 0 aliphatic carbocycles. The van der Waals surface area contributed by atoms with Crippen LogP contribution in [0.1, 0.15) is 25.5 Å². The number of nitrogens with zero attached hydrogens (tertiary/aromatic N) is 3. The van der Waals surface area contributed by atoms with Gasteiger partial charge in [-0.25, -0.2) is 22.1 Å². The fourth-order valence-corrected chi connectivity index (χ4v) is 4.56. The highest BCUT2D eigenvalue weighted by Crippen LogP contribution is 2.31. The molecule has 0 bridgehead atoms. The topological polar surface area (TPSA) is 53.5 Å². The molecule has 0 saturated carbocycles. The number of aromatic nitrogens is 1. The predicted octanol–water partition coefficient (Wildman–Crippen LogP) is 2.93. The Morgan fingerprint density at radius 2 is 2.00 bits per heavy atom. The lowest BCUT2D eigenvalue weighted by molar-refractivity contribution is 0.312. The minimum Gasteiger partial charge on any atom is -0.371 e. The van der Waals surface area contributed by atoms with E-state index in [0.717, 1.165) is 42.7 Å². The van der Waals surface area contributed by atoms with Crippen molar-refractivity contribution in [2.75, 3.05) is 30.8 Å². The van der Waals surface area contributed by atoms with Gasteiger partial charge >= 0.3 is 0 Å². The second-order valence-corrected chi connectivity index (χ2v) is 8.87. The highest BCUT2D eigenvalue weighted by atomic mass is 32.2. The third-order valence-electron chi connectivity index (χ3n) is 5.02. The first-order chi connectivity index (χ1) is 11.8. The van der Waals surface area contributed by atoms with E-state index >= 15 is 0 Å². The molecule has 5 nitrogen and oxygen atoms in total. The summed E-state index contributed by atoms with van der Waals surface area (Å²) in [6.45, 7) is 5.01. The summed E-state index contributed by atoms with van der Waals surface area (Å²) in [5.74, 6) is -0.192. The van der Waals surface area contributed by atoms with Crippen molar-refractivity contribution in [1.82, 2.24) is 9.29 Å². The van der Waals surface area contributed by atoms with Gasteiger partial charge in [0.15, 0.2) is 0 Å². The van der Waals surface area contributed by atoms with Crippen molar-refractivity contribution in [3.05, 3.63) is 35.8 Å². The average Bonchev–Trinajstić information content (AvgIpc) is 2.61. The maximum atomic E-state index is 14.1. The number of benzene rings is 1. The zero-order chi connectivity index (χ0) is 18.2. The maximum absolute atomic E-state index is 14.1. The summed E-state index contributed by atoms with van der Waals surface area (Å²) >= 11 is 0. The Balaban J connectivity index is 1.85. The number of hydrogen-bond acceptors (Lipinski definition) is 4. The smallest absolute Gasteiger partial charge is 0.213 e. The monoisotopic (exact) mass is 365 g/mol. The van der Waals surface area contributed by atoms with Gasteiger partial charge in [-0.15, -0.1) is 0 Å². The van der Waals surface area contributed by atoms with Gasteiger partial charge in [-0.3, -0.25) is 0 Å². The lowest BCUT2D eigenvalue weighted by Gasteiger charge is -2.37. The van der Waals surface area contributed by atoms with Crippen LogP contribution in [-0.2, 0) is 10.0 Å². The van der Waals surface area contributed by atoms with Crippen LogP contribution in [0.15, 0.2) is 24.3 Å². The van der Waals surface area contributed by atoms with Crippen molar-refractivity contribution >= 4 is 26.6 Å². The summed E-state index contributed by atoms with van der Waals surface area (Å²) < 4.78 is 39.7. The Kier molecular flexibility index (Phi) is 4.97. The van der Waals surface area contributed by atoms with Gasteiger partial charge in [0.2, 0.25) is 10.0 Å². The number of aryl methyl sites for hydroxylation is 1. The molecule has 2 aromatic rings. The number of pyridine rings is 1. The second kappa shape index (κ2) is 6.88. The minimum absolute atomic E-state index is 0.0205. The first kappa shape index (κ1) is 18.1. The fourth-order valence-electron chi connectivity index (χ4n) is 3.48. The van der Waals surface area contributed by atoms with Gasteiger partial charge in [0.25, 0.3) is 0 Å². The number of anilines is 1. The molecule has 1 saturated heterocycles. The van der Waals surface area contributed by atoms with E-state index in [9.17, 15) is 12.8 Å². The third-order valence-corrected chi connectivity index (χ3v) is 6.92. The van der Waals surface area contributed by atoms with E-state index in [2.05, 4.69) is 9.88 Å².